The van der Waals surface area contributed by atoms with Crippen molar-refractivity contribution >= 4 is 5.97 Å². The molecule has 0 amide bonds. The molecule has 2 aliphatic rings. The van der Waals surface area contributed by atoms with Crippen LogP contribution in [0.25, 0.3) is 11.4 Å². The minimum Gasteiger partial charge on any atom is -0.487 e. The molecular weight excluding hydrogens is 434 g/mol. The number of carboxylic acids is 1. The first-order chi connectivity index (χ1) is 16.5. The van der Waals surface area contributed by atoms with Crippen LogP contribution in [0.15, 0.2) is 18.6 Å². The lowest BCUT2D eigenvalue weighted by atomic mass is 9.87. The van der Waals surface area contributed by atoms with Gasteiger partial charge in [-0.1, -0.05) is 12.1 Å². The summed E-state index contributed by atoms with van der Waals surface area (Å²) < 4.78 is 9.86. The molecule has 0 saturated heterocycles. The van der Waals surface area contributed by atoms with E-state index in [1.165, 1.54) is 12.8 Å². The highest BCUT2D eigenvalue weighted by Gasteiger charge is 2.29. The Labute approximate surface area is 198 Å². The maximum Gasteiger partial charge on any atom is 0.306 e. The molecule has 0 aliphatic heterocycles. The van der Waals surface area contributed by atoms with Crippen molar-refractivity contribution in [2.75, 3.05) is 0 Å². The minimum absolute atomic E-state index is 0.124. The molecule has 3 aromatic rings. The van der Waals surface area contributed by atoms with E-state index >= 15 is 0 Å². The number of nitrogens with zero attached hydrogens (tertiary/aromatic N) is 7. The van der Waals surface area contributed by atoms with Crippen molar-refractivity contribution in [3.8, 4) is 17.1 Å². The summed E-state index contributed by atoms with van der Waals surface area (Å²) in [5, 5.41) is 22.4. The predicted octanol–water partition coefficient (Wildman–Crippen LogP) is 3.05. The summed E-state index contributed by atoms with van der Waals surface area (Å²) in [6.45, 7) is 2.56. The summed E-state index contributed by atoms with van der Waals surface area (Å²) in [6.07, 6.45) is 12.6. The molecule has 0 spiro atoms. The van der Waals surface area contributed by atoms with Crippen molar-refractivity contribution in [2.45, 2.75) is 70.9 Å². The van der Waals surface area contributed by atoms with Crippen LogP contribution in [0, 0.1) is 11.8 Å². The van der Waals surface area contributed by atoms with Gasteiger partial charge in [0.2, 0.25) is 0 Å². The molecule has 0 radical (unpaired) electrons. The number of carbonyl (C=O) groups is 1. The molecule has 2 aliphatic carbocycles. The zero-order valence-electron chi connectivity index (χ0n) is 19.7. The van der Waals surface area contributed by atoms with E-state index in [4.69, 9.17) is 9.72 Å². The van der Waals surface area contributed by atoms with Gasteiger partial charge < -0.3 is 9.84 Å². The van der Waals surface area contributed by atoms with E-state index in [-0.39, 0.29) is 12.0 Å². The molecule has 3 heterocycles. The number of aryl methyl sites for hydroxylation is 2. The first-order valence-electron chi connectivity index (χ1n) is 12.2. The molecule has 180 valence electrons. The van der Waals surface area contributed by atoms with Crippen LogP contribution in [0.3, 0.4) is 0 Å². The van der Waals surface area contributed by atoms with Crippen LogP contribution in [0.1, 0.15) is 62.5 Å². The smallest absolute Gasteiger partial charge is 0.306 e. The Kier molecular flexibility index (Phi) is 6.30. The van der Waals surface area contributed by atoms with E-state index < -0.39 is 5.97 Å². The van der Waals surface area contributed by atoms with Crippen LogP contribution in [0.4, 0.5) is 0 Å². The number of carboxylic acid groups (broad SMARTS) is 1. The van der Waals surface area contributed by atoms with Gasteiger partial charge in [-0.15, -0.1) is 5.10 Å². The van der Waals surface area contributed by atoms with Gasteiger partial charge in [0.05, 0.1) is 53.6 Å². The van der Waals surface area contributed by atoms with Crippen LogP contribution in [-0.4, -0.2) is 51.9 Å². The van der Waals surface area contributed by atoms with Gasteiger partial charge in [-0.25, -0.2) is 14.6 Å². The fraction of sp³-hybridized carbons (Fsp3) is 0.583. The van der Waals surface area contributed by atoms with Crippen molar-refractivity contribution in [3.63, 3.8) is 0 Å². The van der Waals surface area contributed by atoms with Crippen molar-refractivity contribution in [1.29, 1.82) is 0 Å². The minimum atomic E-state index is -0.744. The number of ether oxygens (including phenoxy) is 1. The molecule has 10 heteroatoms. The van der Waals surface area contributed by atoms with Gasteiger partial charge >= 0.3 is 5.97 Å². The highest BCUT2D eigenvalue weighted by molar-refractivity contribution is 5.70. The molecule has 0 aromatic carbocycles. The van der Waals surface area contributed by atoms with E-state index in [1.807, 2.05) is 29.5 Å². The summed E-state index contributed by atoms with van der Waals surface area (Å²) in [6, 6.07) is 0. The second-order valence-corrected chi connectivity index (χ2v) is 9.48. The molecule has 5 rings (SSSR count). The molecule has 34 heavy (non-hydrogen) atoms. The van der Waals surface area contributed by atoms with E-state index in [9.17, 15) is 9.90 Å². The van der Waals surface area contributed by atoms with Crippen molar-refractivity contribution in [3.05, 3.63) is 35.7 Å². The number of hydrogen-bond donors (Lipinski definition) is 1. The van der Waals surface area contributed by atoms with Crippen molar-refractivity contribution in [1.82, 2.24) is 34.7 Å². The Balaban J connectivity index is 1.34. The summed E-state index contributed by atoms with van der Waals surface area (Å²) in [5.74, 6) is 0.907. The number of aliphatic carboxylic acids is 1. The number of aromatic nitrogens is 7. The lowest BCUT2D eigenvalue weighted by Gasteiger charge is -2.27. The quantitative estimate of drug-likeness (QED) is 0.512. The first-order valence-corrected chi connectivity index (χ1v) is 12.2. The second-order valence-electron chi connectivity index (χ2n) is 9.48. The Morgan fingerprint density at radius 2 is 2.09 bits per heavy atom. The molecule has 0 unspecified atom stereocenters. The fourth-order valence-corrected chi connectivity index (χ4v) is 4.66. The van der Waals surface area contributed by atoms with Crippen LogP contribution >= 0.6 is 0 Å². The highest BCUT2D eigenvalue weighted by atomic mass is 16.5. The second kappa shape index (κ2) is 9.52. The summed E-state index contributed by atoms with van der Waals surface area (Å²) in [5.41, 5.74) is 3.65. The molecule has 2 saturated carbocycles. The Bertz CT molecular complexity index is 1170. The van der Waals surface area contributed by atoms with Gasteiger partial charge in [0.1, 0.15) is 0 Å². The molecule has 2 fully saturated rings. The SMILES string of the molecule is CCc1nc(-c2cnn(C)c2Cn2cc(CC3CC3)nn2)ncc1O[C@H]1CCC[C@H](C(=O)O)C1. The van der Waals surface area contributed by atoms with E-state index in [2.05, 4.69) is 20.4 Å². The lowest BCUT2D eigenvalue weighted by molar-refractivity contribution is -0.143. The lowest BCUT2D eigenvalue weighted by Crippen LogP contribution is -2.29. The predicted molar refractivity (Wildman–Crippen MR) is 123 cm³/mol. The average molecular weight is 466 g/mol. The molecule has 0 bridgehead atoms. The zero-order chi connectivity index (χ0) is 23.7. The third-order valence-corrected chi connectivity index (χ3v) is 6.83. The van der Waals surface area contributed by atoms with E-state index in [1.54, 1.807) is 12.4 Å². The van der Waals surface area contributed by atoms with Crippen LogP contribution in [-0.2, 0) is 31.2 Å². The van der Waals surface area contributed by atoms with Gasteiger partial charge in [0.25, 0.3) is 0 Å². The number of hydrogen-bond acceptors (Lipinski definition) is 7. The molecule has 1 N–H and O–H groups in total. The average Bonchev–Trinajstić information content (AvgIpc) is 3.43. The first kappa shape index (κ1) is 22.5. The third-order valence-electron chi connectivity index (χ3n) is 6.83. The fourth-order valence-electron chi connectivity index (χ4n) is 4.66. The van der Waals surface area contributed by atoms with Gasteiger partial charge in [0.15, 0.2) is 11.6 Å². The maximum atomic E-state index is 11.4. The summed E-state index contributed by atoms with van der Waals surface area (Å²) in [4.78, 5) is 20.8. The molecule has 3 aromatic heterocycles. The maximum absolute atomic E-state index is 11.4. The standard InChI is InChI=1S/C24H31N7O3/c1-3-20-22(34-18-6-4-5-16(10-18)24(32)33)12-25-23(27-20)19-11-26-30(2)21(19)14-31-13-17(28-29-31)9-15-7-8-15/h11-13,15-16,18H,3-10,14H2,1-2H3,(H,32,33)/t16-,18-/m0/s1. The van der Waals surface area contributed by atoms with Gasteiger partial charge in [-0.2, -0.15) is 5.10 Å². The van der Waals surface area contributed by atoms with Gasteiger partial charge in [0, 0.05) is 13.2 Å². The Morgan fingerprint density at radius 3 is 2.85 bits per heavy atom. The summed E-state index contributed by atoms with van der Waals surface area (Å²) >= 11 is 0. The van der Waals surface area contributed by atoms with Crippen LogP contribution in [0.2, 0.25) is 0 Å². The van der Waals surface area contributed by atoms with E-state index in [0.717, 1.165) is 47.8 Å². The Hall–Kier alpha value is -3.30. The van der Waals surface area contributed by atoms with Crippen molar-refractivity contribution in [2.24, 2.45) is 18.9 Å². The molecular formula is C24H31N7O3. The topological polar surface area (TPSA) is 121 Å². The van der Waals surface area contributed by atoms with E-state index in [0.29, 0.717) is 37.4 Å². The normalized spacial score (nSPS) is 20.4. The van der Waals surface area contributed by atoms with Crippen LogP contribution in [0.5, 0.6) is 5.75 Å². The highest BCUT2D eigenvalue weighted by Crippen LogP contribution is 2.32. The summed E-state index contributed by atoms with van der Waals surface area (Å²) in [7, 11) is 1.90. The monoisotopic (exact) mass is 465 g/mol. The van der Waals surface area contributed by atoms with Gasteiger partial charge in [-0.05, 0) is 57.3 Å². The third kappa shape index (κ3) is 4.95. The van der Waals surface area contributed by atoms with Crippen LogP contribution < -0.4 is 4.74 Å². The van der Waals surface area contributed by atoms with Crippen molar-refractivity contribution < 1.29 is 14.6 Å². The zero-order valence-corrected chi connectivity index (χ0v) is 19.7. The Morgan fingerprint density at radius 1 is 1.24 bits per heavy atom. The van der Waals surface area contributed by atoms with Gasteiger partial charge in [-0.3, -0.25) is 9.48 Å². The largest absolute Gasteiger partial charge is 0.487 e. The molecule has 2 atom stereocenters. The number of rotatable bonds is 9. The molecule has 10 nitrogen and oxygen atoms in total.